The van der Waals surface area contributed by atoms with E-state index in [1.54, 1.807) is 16.7 Å². The largest absolute Gasteiger partial charge is 0.349 e. The molecule has 0 spiro atoms. The van der Waals surface area contributed by atoms with E-state index in [0.717, 1.165) is 24.0 Å². The van der Waals surface area contributed by atoms with Gasteiger partial charge in [-0.25, -0.2) is 0 Å². The maximum absolute atomic E-state index is 12.6. The van der Waals surface area contributed by atoms with Crippen LogP contribution in [0.15, 0.2) is 0 Å². The van der Waals surface area contributed by atoms with Crippen LogP contribution in [-0.4, -0.2) is 72.1 Å². The molecule has 1 rings (SSSR count). The third kappa shape index (κ3) is 13.1. The van der Waals surface area contributed by atoms with Gasteiger partial charge >= 0.3 is 0 Å². The molecule has 0 aromatic rings. The van der Waals surface area contributed by atoms with Crippen molar-refractivity contribution in [2.24, 2.45) is 0 Å². The van der Waals surface area contributed by atoms with Gasteiger partial charge < -0.3 is 14.7 Å². The number of nitrogens with one attached hydrogen (secondary N) is 1. The predicted octanol–water partition coefficient (Wildman–Crippen LogP) is 5.97. The number of carbonyl (C=O) groups excluding carboxylic acids is 2. The Morgan fingerprint density at radius 1 is 0.909 bits per heavy atom. The van der Waals surface area contributed by atoms with Crippen LogP contribution in [0.25, 0.3) is 0 Å². The first-order valence-electron chi connectivity index (χ1n) is 13.7. The summed E-state index contributed by atoms with van der Waals surface area (Å²) >= 11 is 1.66. The summed E-state index contributed by atoms with van der Waals surface area (Å²) in [7, 11) is 4.50. The molecular weight excluding hydrogens is 430 g/mol. The molecule has 1 atom stereocenters. The summed E-state index contributed by atoms with van der Waals surface area (Å²) in [6, 6.07) is -0.344. The summed E-state index contributed by atoms with van der Waals surface area (Å²) in [6.45, 7) is 9.02. The standard InChI is InChI=1S/C27H53N3O2S/c1-6-7-8-9-10-11-12-13-14-15-16-17-18-19-21-30(4,5)22-20-28-26(32)25-23-33-27(2,3)29(25)24-31/h24-25H,6-23H2,1-5H3/p+1. The molecule has 1 aliphatic heterocycles. The highest BCUT2D eigenvalue weighted by molar-refractivity contribution is 8.00. The highest BCUT2D eigenvalue weighted by Gasteiger charge is 2.42. The molecule has 1 saturated heterocycles. The van der Waals surface area contributed by atoms with Crippen LogP contribution in [0.2, 0.25) is 0 Å². The molecule has 0 aromatic carbocycles. The van der Waals surface area contributed by atoms with E-state index in [-0.39, 0.29) is 16.8 Å². The van der Waals surface area contributed by atoms with Crippen LogP contribution < -0.4 is 5.32 Å². The normalized spacial score (nSPS) is 18.0. The highest BCUT2D eigenvalue weighted by Crippen LogP contribution is 2.37. The number of amides is 2. The van der Waals surface area contributed by atoms with E-state index in [1.165, 1.54) is 89.9 Å². The van der Waals surface area contributed by atoms with E-state index < -0.39 is 0 Å². The molecule has 1 N–H and O–H groups in total. The molecule has 6 heteroatoms. The third-order valence-electron chi connectivity index (χ3n) is 7.10. The van der Waals surface area contributed by atoms with Crippen LogP contribution in [0.5, 0.6) is 0 Å². The zero-order valence-electron chi connectivity index (χ0n) is 22.5. The summed E-state index contributed by atoms with van der Waals surface area (Å²) in [4.78, 5) is 25.3. The van der Waals surface area contributed by atoms with E-state index in [0.29, 0.717) is 12.3 Å². The first-order chi connectivity index (χ1) is 15.7. The monoisotopic (exact) mass is 484 g/mol. The Morgan fingerprint density at radius 3 is 1.88 bits per heavy atom. The Morgan fingerprint density at radius 2 is 1.39 bits per heavy atom. The fourth-order valence-electron chi connectivity index (χ4n) is 4.66. The number of nitrogens with zero attached hydrogens (tertiary/aromatic N) is 2. The van der Waals surface area contributed by atoms with Crippen molar-refractivity contribution in [1.29, 1.82) is 0 Å². The average molecular weight is 485 g/mol. The van der Waals surface area contributed by atoms with Crippen molar-refractivity contribution in [3.63, 3.8) is 0 Å². The van der Waals surface area contributed by atoms with Gasteiger partial charge in [-0.05, 0) is 26.7 Å². The number of carbonyl (C=O) groups is 2. The van der Waals surface area contributed by atoms with Crippen molar-refractivity contribution >= 4 is 24.1 Å². The van der Waals surface area contributed by atoms with Crippen LogP contribution in [0.3, 0.4) is 0 Å². The number of unbranched alkanes of at least 4 members (excludes halogenated alkanes) is 13. The Hall–Kier alpha value is -0.750. The van der Waals surface area contributed by atoms with Crippen LogP contribution in [0, 0.1) is 0 Å². The number of hydrogen-bond acceptors (Lipinski definition) is 3. The Kier molecular flexibility index (Phi) is 15.4. The van der Waals surface area contributed by atoms with Crippen LogP contribution >= 0.6 is 11.8 Å². The zero-order valence-corrected chi connectivity index (χ0v) is 23.3. The van der Waals surface area contributed by atoms with E-state index in [4.69, 9.17) is 0 Å². The molecule has 33 heavy (non-hydrogen) atoms. The predicted molar refractivity (Wildman–Crippen MR) is 143 cm³/mol. The second kappa shape index (κ2) is 16.8. The van der Waals surface area contributed by atoms with Gasteiger partial charge in [0.15, 0.2) is 0 Å². The molecule has 0 bridgehead atoms. The van der Waals surface area contributed by atoms with Crippen LogP contribution in [0.4, 0.5) is 0 Å². The van der Waals surface area contributed by atoms with E-state index >= 15 is 0 Å². The highest BCUT2D eigenvalue weighted by atomic mass is 32.2. The molecule has 0 saturated carbocycles. The van der Waals surface area contributed by atoms with E-state index in [2.05, 4.69) is 26.3 Å². The van der Waals surface area contributed by atoms with Gasteiger partial charge in [-0.1, -0.05) is 84.0 Å². The maximum atomic E-state index is 12.6. The smallest absolute Gasteiger partial charge is 0.243 e. The topological polar surface area (TPSA) is 49.4 Å². The van der Waals surface area contributed by atoms with Crippen molar-refractivity contribution in [3.8, 4) is 0 Å². The molecule has 0 radical (unpaired) electrons. The minimum atomic E-state index is -0.344. The lowest BCUT2D eigenvalue weighted by atomic mass is 10.0. The van der Waals surface area contributed by atoms with Gasteiger partial charge in [0, 0.05) is 5.75 Å². The Balaban J connectivity index is 2.00. The van der Waals surface area contributed by atoms with E-state index in [1.807, 2.05) is 13.8 Å². The molecule has 0 aromatic heterocycles. The fourth-order valence-corrected chi connectivity index (χ4v) is 5.86. The maximum Gasteiger partial charge on any atom is 0.243 e. The Labute approximate surface area is 209 Å². The molecule has 0 aliphatic carbocycles. The summed E-state index contributed by atoms with van der Waals surface area (Å²) < 4.78 is 0.931. The quantitative estimate of drug-likeness (QED) is 0.132. The fraction of sp³-hybridized carbons (Fsp3) is 0.926. The minimum Gasteiger partial charge on any atom is -0.349 e. The molecular formula is C27H54N3O2S+. The van der Waals surface area contributed by atoms with Gasteiger partial charge in [-0.15, -0.1) is 11.8 Å². The minimum absolute atomic E-state index is 0.0170. The first kappa shape index (κ1) is 30.3. The molecule has 5 nitrogen and oxygen atoms in total. The van der Waals surface area contributed by atoms with Gasteiger partial charge in [0.2, 0.25) is 12.3 Å². The van der Waals surface area contributed by atoms with Crippen molar-refractivity contribution in [1.82, 2.24) is 10.2 Å². The molecule has 1 aliphatic rings. The van der Waals surface area contributed by atoms with Crippen LogP contribution in [0.1, 0.15) is 111 Å². The Bertz CT molecular complexity index is 539. The summed E-state index contributed by atoms with van der Waals surface area (Å²) in [5, 5.41) is 3.07. The molecule has 2 amide bonds. The first-order valence-corrected chi connectivity index (χ1v) is 14.7. The van der Waals surface area contributed by atoms with Gasteiger partial charge in [0.1, 0.15) is 6.04 Å². The SMILES string of the molecule is CCCCCCCCCCCCCCCC[N+](C)(C)CCNC(=O)C1CSC(C)(C)N1C=O. The second-order valence-corrected chi connectivity index (χ2v) is 12.7. The number of thioether (sulfide) groups is 1. The number of hydrogen-bond donors (Lipinski definition) is 1. The van der Waals surface area contributed by atoms with Gasteiger partial charge in [0.25, 0.3) is 0 Å². The van der Waals surface area contributed by atoms with E-state index in [9.17, 15) is 9.59 Å². The lowest BCUT2D eigenvalue weighted by molar-refractivity contribution is -0.889. The third-order valence-corrected chi connectivity index (χ3v) is 8.50. The molecule has 194 valence electrons. The second-order valence-electron chi connectivity index (χ2n) is 11.1. The number of rotatable bonds is 20. The number of quaternary nitrogens is 1. The number of likely N-dealkylation sites (N-methyl/N-ethyl adjacent to an activating group) is 1. The molecule has 1 unspecified atom stereocenters. The summed E-state index contributed by atoms with van der Waals surface area (Å²) in [5.74, 6) is 0.658. The van der Waals surface area contributed by atoms with Crippen molar-refractivity contribution in [2.45, 2.75) is 122 Å². The zero-order chi connectivity index (χ0) is 24.6. The van der Waals surface area contributed by atoms with Crippen molar-refractivity contribution < 1.29 is 14.1 Å². The lowest BCUT2D eigenvalue weighted by Crippen LogP contribution is -2.52. The van der Waals surface area contributed by atoms with Gasteiger partial charge in [-0.3, -0.25) is 9.59 Å². The molecule has 1 fully saturated rings. The molecule has 1 heterocycles. The average Bonchev–Trinajstić information content (AvgIpc) is 3.07. The van der Waals surface area contributed by atoms with Crippen molar-refractivity contribution in [3.05, 3.63) is 0 Å². The summed E-state index contributed by atoms with van der Waals surface area (Å²) in [6.07, 6.45) is 20.3. The van der Waals surface area contributed by atoms with Gasteiger partial charge in [-0.2, -0.15) is 0 Å². The van der Waals surface area contributed by atoms with Crippen molar-refractivity contribution in [2.75, 3.05) is 39.5 Å². The van der Waals surface area contributed by atoms with Crippen LogP contribution in [-0.2, 0) is 9.59 Å². The summed E-state index contributed by atoms with van der Waals surface area (Å²) in [5.41, 5.74) is 0. The van der Waals surface area contributed by atoms with Gasteiger partial charge in [0.05, 0.1) is 38.6 Å². The lowest BCUT2D eigenvalue weighted by Gasteiger charge is -2.32.